The third-order valence-corrected chi connectivity index (χ3v) is 5.67. The van der Waals surface area contributed by atoms with Crippen molar-refractivity contribution < 1.29 is 9.90 Å². The molecule has 1 atom stereocenters. The molecular formula is C12H10ClNO2S2. The second-order valence-electron chi connectivity index (χ2n) is 3.92. The van der Waals surface area contributed by atoms with Crippen molar-refractivity contribution in [2.75, 3.05) is 16.4 Å². The van der Waals surface area contributed by atoms with Gasteiger partial charge in [-0.15, -0.1) is 23.5 Å². The lowest BCUT2D eigenvalue weighted by molar-refractivity contribution is -0.114. The third-order valence-electron chi connectivity index (χ3n) is 2.81. The SMILES string of the molecule is O=C1C2=C(SCCS2)C(O)N1c1ccc(Cl)cc1. The van der Waals surface area contributed by atoms with Crippen molar-refractivity contribution in [2.45, 2.75) is 6.23 Å². The number of carbonyl (C=O) groups excluding carboxylic acids is 1. The molecular weight excluding hydrogens is 290 g/mol. The number of amides is 1. The average Bonchev–Trinajstić information content (AvgIpc) is 2.64. The maximum Gasteiger partial charge on any atom is 0.268 e. The molecule has 18 heavy (non-hydrogen) atoms. The first-order valence-corrected chi connectivity index (χ1v) is 7.80. The molecule has 1 N–H and O–H groups in total. The van der Waals surface area contributed by atoms with Crippen LogP contribution in [0.3, 0.4) is 0 Å². The first-order chi connectivity index (χ1) is 8.68. The Hall–Kier alpha value is -0.620. The van der Waals surface area contributed by atoms with Gasteiger partial charge in [0, 0.05) is 22.2 Å². The van der Waals surface area contributed by atoms with E-state index in [-0.39, 0.29) is 5.91 Å². The van der Waals surface area contributed by atoms with E-state index in [1.165, 1.54) is 16.7 Å². The second kappa shape index (κ2) is 4.81. The molecule has 2 aliphatic heterocycles. The van der Waals surface area contributed by atoms with Crippen LogP contribution in [0.4, 0.5) is 5.69 Å². The Labute approximate surface area is 118 Å². The lowest BCUT2D eigenvalue weighted by Crippen LogP contribution is -2.34. The summed E-state index contributed by atoms with van der Waals surface area (Å²) >= 11 is 8.92. The van der Waals surface area contributed by atoms with Crippen LogP contribution in [-0.4, -0.2) is 28.7 Å². The quantitative estimate of drug-likeness (QED) is 0.865. The Morgan fingerprint density at radius 1 is 1.22 bits per heavy atom. The minimum Gasteiger partial charge on any atom is -0.368 e. The zero-order valence-electron chi connectivity index (χ0n) is 9.30. The van der Waals surface area contributed by atoms with Crippen molar-refractivity contribution in [1.29, 1.82) is 0 Å². The van der Waals surface area contributed by atoms with Crippen LogP contribution >= 0.6 is 35.1 Å². The van der Waals surface area contributed by atoms with E-state index in [1.807, 2.05) is 0 Å². The topological polar surface area (TPSA) is 40.5 Å². The van der Waals surface area contributed by atoms with Gasteiger partial charge in [0.1, 0.15) is 0 Å². The lowest BCUT2D eigenvalue weighted by atomic mass is 10.3. The molecule has 1 aromatic rings. The molecule has 2 heterocycles. The molecule has 1 aromatic carbocycles. The van der Waals surface area contributed by atoms with E-state index in [0.29, 0.717) is 15.6 Å². The van der Waals surface area contributed by atoms with E-state index in [2.05, 4.69) is 0 Å². The van der Waals surface area contributed by atoms with Gasteiger partial charge in [-0.3, -0.25) is 9.69 Å². The molecule has 0 saturated carbocycles. The summed E-state index contributed by atoms with van der Waals surface area (Å²) in [6, 6.07) is 6.93. The molecule has 6 heteroatoms. The lowest BCUT2D eigenvalue weighted by Gasteiger charge is -2.22. The summed E-state index contributed by atoms with van der Waals surface area (Å²) in [5.74, 6) is 1.73. The molecule has 3 nitrogen and oxygen atoms in total. The molecule has 3 rings (SSSR count). The highest BCUT2D eigenvalue weighted by Crippen LogP contribution is 2.44. The number of rotatable bonds is 1. The van der Waals surface area contributed by atoms with Gasteiger partial charge >= 0.3 is 0 Å². The van der Waals surface area contributed by atoms with E-state index >= 15 is 0 Å². The number of anilines is 1. The fourth-order valence-electron chi connectivity index (χ4n) is 1.99. The summed E-state index contributed by atoms with van der Waals surface area (Å²) in [6.45, 7) is 0. The standard InChI is InChI=1S/C12H10ClNO2S2/c13-7-1-3-8(4-2-7)14-11(15)9-10(12(14)16)18-6-5-17-9/h1-4,11,15H,5-6H2. The van der Waals surface area contributed by atoms with Gasteiger partial charge in [0.15, 0.2) is 6.23 Å². The Bertz CT molecular complexity index is 529. The van der Waals surface area contributed by atoms with Crippen molar-refractivity contribution in [3.63, 3.8) is 0 Å². The summed E-state index contributed by atoms with van der Waals surface area (Å²) in [5, 5.41) is 10.9. The molecule has 1 unspecified atom stereocenters. The summed E-state index contributed by atoms with van der Waals surface area (Å²) in [4.78, 5) is 15.2. The van der Waals surface area contributed by atoms with Crippen LogP contribution in [0, 0.1) is 0 Å². The number of aliphatic hydroxyl groups excluding tert-OH is 1. The summed E-state index contributed by atoms with van der Waals surface area (Å²) in [5.41, 5.74) is 0.674. The van der Waals surface area contributed by atoms with Gasteiger partial charge in [0.25, 0.3) is 5.91 Å². The fraction of sp³-hybridized carbons (Fsp3) is 0.250. The number of carbonyl (C=O) groups is 1. The van der Waals surface area contributed by atoms with E-state index < -0.39 is 6.23 Å². The van der Waals surface area contributed by atoms with E-state index in [0.717, 1.165) is 16.4 Å². The van der Waals surface area contributed by atoms with Gasteiger partial charge in [0.05, 0.1) is 9.81 Å². The number of thioether (sulfide) groups is 2. The number of aliphatic hydroxyl groups is 1. The second-order valence-corrected chi connectivity index (χ2v) is 6.59. The number of nitrogens with zero attached hydrogens (tertiary/aromatic N) is 1. The minimum atomic E-state index is -0.855. The molecule has 0 saturated heterocycles. The Balaban J connectivity index is 1.96. The monoisotopic (exact) mass is 299 g/mol. The van der Waals surface area contributed by atoms with Gasteiger partial charge in [-0.25, -0.2) is 0 Å². The molecule has 0 aromatic heterocycles. The number of hydrogen-bond donors (Lipinski definition) is 1. The summed E-state index contributed by atoms with van der Waals surface area (Å²) in [6.07, 6.45) is -0.855. The summed E-state index contributed by atoms with van der Waals surface area (Å²) < 4.78 is 0. The van der Waals surface area contributed by atoms with Gasteiger partial charge in [0.2, 0.25) is 0 Å². The Kier molecular flexibility index (Phi) is 3.32. The molecule has 0 bridgehead atoms. The molecule has 1 amide bonds. The molecule has 0 spiro atoms. The molecule has 94 valence electrons. The Morgan fingerprint density at radius 2 is 1.89 bits per heavy atom. The number of benzene rings is 1. The molecule has 0 fully saturated rings. The van der Waals surface area contributed by atoms with Crippen LogP contribution in [0.2, 0.25) is 5.02 Å². The van der Waals surface area contributed by atoms with Crippen LogP contribution in [0.1, 0.15) is 0 Å². The molecule has 0 radical (unpaired) electrons. The highest BCUT2D eigenvalue weighted by molar-refractivity contribution is 8.10. The Morgan fingerprint density at radius 3 is 2.56 bits per heavy atom. The van der Waals surface area contributed by atoms with Crippen molar-refractivity contribution in [3.05, 3.63) is 39.1 Å². The predicted octanol–water partition coefficient (Wildman–Crippen LogP) is 2.70. The first kappa shape index (κ1) is 12.4. The van der Waals surface area contributed by atoms with Gasteiger partial charge in [-0.2, -0.15) is 0 Å². The number of halogens is 1. The predicted molar refractivity (Wildman–Crippen MR) is 76.9 cm³/mol. The maximum absolute atomic E-state index is 12.3. The van der Waals surface area contributed by atoms with E-state index in [4.69, 9.17) is 11.6 Å². The normalized spacial score (nSPS) is 23.6. The zero-order chi connectivity index (χ0) is 12.7. The van der Waals surface area contributed by atoms with Gasteiger partial charge in [-0.05, 0) is 24.3 Å². The van der Waals surface area contributed by atoms with Gasteiger partial charge in [-0.1, -0.05) is 11.6 Å². The number of hydrogen-bond acceptors (Lipinski definition) is 4. The largest absolute Gasteiger partial charge is 0.368 e. The smallest absolute Gasteiger partial charge is 0.268 e. The highest BCUT2D eigenvalue weighted by atomic mass is 35.5. The third kappa shape index (κ3) is 1.95. The van der Waals surface area contributed by atoms with Crippen molar-refractivity contribution in [2.24, 2.45) is 0 Å². The van der Waals surface area contributed by atoms with E-state index in [9.17, 15) is 9.90 Å². The van der Waals surface area contributed by atoms with Crippen LogP contribution in [0.25, 0.3) is 0 Å². The molecule has 2 aliphatic rings. The average molecular weight is 300 g/mol. The highest BCUT2D eigenvalue weighted by Gasteiger charge is 2.40. The summed E-state index contributed by atoms with van der Waals surface area (Å²) in [7, 11) is 0. The van der Waals surface area contributed by atoms with Crippen molar-refractivity contribution in [3.8, 4) is 0 Å². The van der Waals surface area contributed by atoms with Crippen molar-refractivity contribution in [1.82, 2.24) is 0 Å². The van der Waals surface area contributed by atoms with Crippen LogP contribution in [-0.2, 0) is 4.79 Å². The van der Waals surface area contributed by atoms with Crippen LogP contribution in [0.15, 0.2) is 34.1 Å². The maximum atomic E-state index is 12.3. The minimum absolute atomic E-state index is 0.114. The fourth-order valence-corrected chi connectivity index (χ4v) is 4.50. The van der Waals surface area contributed by atoms with Gasteiger partial charge < -0.3 is 5.11 Å². The zero-order valence-corrected chi connectivity index (χ0v) is 11.7. The van der Waals surface area contributed by atoms with Crippen LogP contribution in [0.5, 0.6) is 0 Å². The van der Waals surface area contributed by atoms with Crippen LogP contribution < -0.4 is 4.90 Å². The first-order valence-electron chi connectivity index (χ1n) is 5.45. The van der Waals surface area contributed by atoms with E-state index in [1.54, 1.807) is 36.0 Å². The molecule has 0 aliphatic carbocycles. The van der Waals surface area contributed by atoms with Crippen molar-refractivity contribution >= 4 is 46.7 Å².